The molecule has 0 bridgehead atoms. The highest BCUT2D eigenvalue weighted by molar-refractivity contribution is 5.87. The predicted molar refractivity (Wildman–Crippen MR) is 94.6 cm³/mol. The number of carboxylic acids is 2. The van der Waals surface area contributed by atoms with Gasteiger partial charge in [0, 0.05) is 24.3 Å². The average molecular weight is 334 g/mol. The van der Waals surface area contributed by atoms with Crippen LogP contribution >= 0.6 is 0 Å². The van der Waals surface area contributed by atoms with Crippen LogP contribution < -0.4 is 0 Å². The van der Waals surface area contributed by atoms with Crippen LogP contribution in [-0.2, 0) is 0 Å². The summed E-state index contributed by atoms with van der Waals surface area (Å²) in [5.74, 6) is -1.85. The molecule has 0 amide bonds. The summed E-state index contributed by atoms with van der Waals surface area (Å²) < 4.78 is 0. The van der Waals surface area contributed by atoms with Gasteiger partial charge in [-0.3, -0.25) is 9.97 Å². The molecule has 0 aliphatic heterocycles. The third-order valence-corrected chi connectivity index (χ3v) is 2.27. The number of carbonyl (C=O) groups is 2. The summed E-state index contributed by atoms with van der Waals surface area (Å²) in [5.41, 5.74) is 2.10. The van der Waals surface area contributed by atoms with E-state index in [0.717, 1.165) is 11.3 Å². The van der Waals surface area contributed by atoms with Gasteiger partial charge in [-0.05, 0) is 37.6 Å². The van der Waals surface area contributed by atoms with E-state index >= 15 is 0 Å². The van der Waals surface area contributed by atoms with Crippen LogP contribution in [0, 0.1) is 13.8 Å². The fraction of sp³-hybridized carbons (Fsp3) is 0.333. The van der Waals surface area contributed by atoms with Gasteiger partial charge >= 0.3 is 11.9 Å². The van der Waals surface area contributed by atoms with Crippen LogP contribution in [0.25, 0.3) is 0 Å². The number of aromatic nitrogens is 2. The lowest BCUT2D eigenvalue weighted by molar-refractivity contribution is 0.0685. The second-order valence-corrected chi connectivity index (χ2v) is 4.05. The van der Waals surface area contributed by atoms with E-state index in [1.54, 1.807) is 26.1 Å². The maximum atomic E-state index is 10.3. The Labute approximate surface area is 143 Å². The number of hydrogen-bond donors (Lipinski definition) is 2. The lowest BCUT2D eigenvalue weighted by Crippen LogP contribution is -1.96. The highest BCUT2D eigenvalue weighted by Crippen LogP contribution is 2.00. The number of nitrogens with zero attached hydrogens (tertiary/aromatic N) is 2. The van der Waals surface area contributed by atoms with E-state index in [-0.39, 0.29) is 11.1 Å². The molecule has 0 saturated carbocycles. The van der Waals surface area contributed by atoms with Gasteiger partial charge in [-0.25, -0.2) is 9.59 Å². The molecule has 24 heavy (non-hydrogen) atoms. The number of aromatic carboxylic acids is 2. The molecular weight excluding hydrogens is 308 g/mol. The minimum absolute atomic E-state index is 0.236. The van der Waals surface area contributed by atoms with Gasteiger partial charge < -0.3 is 10.2 Å². The van der Waals surface area contributed by atoms with Crippen molar-refractivity contribution in [2.75, 3.05) is 0 Å². The molecule has 2 aromatic rings. The molecule has 0 aliphatic rings. The minimum atomic E-state index is -0.934. The van der Waals surface area contributed by atoms with Gasteiger partial charge in [0.25, 0.3) is 0 Å². The summed E-state index contributed by atoms with van der Waals surface area (Å²) in [6, 6.07) is 4.58. The minimum Gasteiger partial charge on any atom is -0.478 e. The van der Waals surface area contributed by atoms with E-state index in [2.05, 4.69) is 9.97 Å². The van der Waals surface area contributed by atoms with Gasteiger partial charge in [0.2, 0.25) is 0 Å². The van der Waals surface area contributed by atoms with Crippen LogP contribution in [0.1, 0.15) is 59.7 Å². The van der Waals surface area contributed by atoms with E-state index in [1.165, 1.54) is 24.5 Å². The fourth-order valence-electron chi connectivity index (χ4n) is 1.35. The first-order chi connectivity index (χ1) is 11.4. The Morgan fingerprint density at radius 3 is 1.75 bits per heavy atom. The molecule has 0 radical (unpaired) electrons. The van der Waals surface area contributed by atoms with Crippen molar-refractivity contribution in [1.29, 1.82) is 0 Å². The first-order valence-electron chi connectivity index (χ1n) is 7.71. The summed E-state index contributed by atoms with van der Waals surface area (Å²) in [4.78, 5) is 28.2. The van der Waals surface area contributed by atoms with Crippen LogP contribution in [0.15, 0.2) is 36.8 Å². The van der Waals surface area contributed by atoms with Gasteiger partial charge in [-0.1, -0.05) is 27.7 Å². The molecule has 0 aromatic carbocycles. The summed E-state index contributed by atoms with van der Waals surface area (Å²) in [6.45, 7) is 11.6. The monoisotopic (exact) mass is 334 g/mol. The van der Waals surface area contributed by atoms with Gasteiger partial charge in [-0.15, -0.1) is 0 Å². The van der Waals surface area contributed by atoms with E-state index in [9.17, 15) is 9.59 Å². The third kappa shape index (κ3) is 10.0. The van der Waals surface area contributed by atoms with Crippen molar-refractivity contribution in [2.45, 2.75) is 41.5 Å². The third-order valence-electron chi connectivity index (χ3n) is 2.27. The molecule has 0 spiro atoms. The standard InChI is InChI=1S/2C7H7NO2.2C2H6/c1-5-2-6(7(9)10)4-8-3-5;1-5-4-6(7(9)10)2-3-8-5;2*1-2/h2*2-4H,1H3,(H,9,10);2*1-2H3. The van der Waals surface area contributed by atoms with Crippen LogP contribution in [0.2, 0.25) is 0 Å². The van der Waals surface area contributed by atoms with Crippen molar-refractivity contribution >= 4 is 11.9 Å². The first kappa shape index (κ1) is 23.5. The Balaban J connectivity index is 0. The zero-order valence-corrected chi connectivity index (χ0v) is 15.1. The second-order valence-electron chi connectivity index (χ2n) is 4.05. The van der Waals surface area contributed by atoms with Crippen LogP contribution in [0.3, 0.4) is 0 Å². The number of hydrogen-bond acceptors (Lipinski definition) is 4. The normalized spacial score (nSPS) is 8.25. The van der Waals surface area contributed by atoms with E-state index in [1.807, 2.05) is 27.7 Å². The predicted octanol–water partition coefficient (Wildman–Crippen LogP) is 4.23. The lowest BCUT2D eigenvalue weighted by Gasteiger charge is -1.92. The zero-order valence-electron chi connectivity index (χ0n) is 15.1. The SMILES string of the molecule is CC.CC.Cc1cc(C(=O)O)ccn1.Cc1cncc(C(=O)O)c1. The molecule has 132 valence electrons. The number of rotatable bonds is 2. The van der Waals surface area contributed by atoms with Crippen LogP contribution in [0.4, 0.5) is 0 Å². The highest BCUT2D eigenvalue weighted by Gasteiger charge is 2.01. The largest absolute Gasteiger partial charge is 0.478 e. The van der Waals surface area contributed by atoms with Crippen molar-refractivity contribution in [2.24, 2.45) is 0 Å². The molecule has 6 nitrogen and oxygen atoms in total. The second kappa shape index (κ2) is 13.9. The maximum Gasteiger partial charge on any atom is 0.337 e. The molecule has 0 fully saturated rings. The molecule has 2 heterocycles. The zero-order chi connectivity index (χ0) is 19.1. The van der Waals surface area contributed by atoms with Crippen molar-refractivity contribution in [1.82, 2.24) is 9.97 Å². The molecule has 6 heteroatoms. The quantitative estimate of drug-likeness (QED) is 0.852. The van der Waals surface area contributed by atoms with Crippen molar-refractivity contribution < 1.29 is 19.8 Å². The van der Waals surface area contributed by atoms with E-state index < -0.39 is 11.9 Å². The molecule has 0 atom stereocenters. The highest BCUT2D eigenvalue weighted by atomic mass is 16.4. The average Bonchev–Trinajstić information content (AvgIpc) is 2.59. The molecular formula is C18H26N2O4. The van der Waals surface area contributed by atoms with Crippen LogP contribution in [-0.4, -0.2) is 32.1 Å². The van der Waals surface area contributed by atoms with Gasteiger partial charge in [0.15, 0.2) is 0 Å². The molecule has 0 aliphatic carbocycles. The summed E-state index contributed by atoms with van der Waals surface area (Å²) >= 11 is 0. The summed E-state index contributed by atoms with van der Waals surface area (Å²) in [6.07, 6.45) is 4.43. The van der Waals surface area contributed by atoms with Crippen molar-refractivity contribution in [3.8, 4) is 0 Å². The summed E-state index contributed by atoms with van der Waals surface area (Å²) in [5, 5.41) is 17.0. The van der Waals surface area contributed by atoms with Gasteiger partial charge in [-0.2, -0.15) is 0 Å². The van der Waals surface area contributed by atoms with E-state index in [0.29, 0.717) is 0 Å². The van der Waals surface area contributed by atoms with Crippen molar-refractivity contribution in [3.05, 3.63) is 59.2 Å². The van der Waals surface area contributed by atoms with Crippen molar-refractivity contribution in [3.63, 3.8) is 0 Å². The number of pyridine rings is 2. The lowest BCUT2D eigenvalue weighted by atomic mass is 10.2. The maximum absolute atomic E-state index is 10.3. The van der Waals surface area contributed by atoms with E-state index in [4.69, 9.17) is 10.2 Å². The molecule has 0 unspecified atom stereocenters. The Bertz CT molecular complexity index is 572. The smallest absolute Gasteiger partial charge is 0.337 e. The Morgan fingerprint density at radius 2 is 1.42 bits per heavy atom. The Kier molecular flexibility index (Phi) is 13.6. The summed E-state index contributed by atoms with van der Waals surface area (Å²) in [7, 11) is 0. The number of aryl methyl sites for hydroxylation is 2. The van der Waals surface area contributed by atoms with Crippen LogP contribution in [0.5, 0.6) is 0 Å². The molecule has 2 N–H and O–H groups in total. The first-order valence-corrected chi connectivity index (χ1v) is 7.71. The Hall–Kier alpha value is -2.76. The molecule has 2 rings (SSSR count). The van der Waals surface area contributed by atoms with Gasteiger partial charge in [0.05, 0.1) is 11.1 Å². The topological polar surface area (TPSA) is 100 Å². The Morgan fingerprint density at radius 1 is 0.875 bits per heavy atom. The number of carboxylic acid groups (broad SMARTS) is 2. The van der Waals surface area contributed by atoms with Gasteiger partial charge in [0.1, 0.15) is 0 Å². The molecule has 0 saturated heterocycles. The fourth-order valence-corrected chi connectivity index (χ4v) is 1.35. The molecule has 2 aromatic heterocycles.